The number of esters is 1. The van der Waals surface area contributed by atoms with E-state index in [4.69, 9.17) is 0 Å². The van der Waals surface area contributed by atoms with Crippen molar-refractivity contribution in [3.05, 3.63) is 12.2 Å². The van der Waals surface area contributed by atoms with Gasteiger partial charge in [-0.05, 0) is 25.2 Å². The lowest BCUT2D eigenvalue weighted by molar-refractivity contribution is -0.140. The maximum Gasteiger partial charge on any atom is 0.305 e. The Morgan fingerprint density at radius 3 is 2.78 bits per heavy atom. The normalized spacial score (nSPS) is 19.0. The van der Waals surface area contributed by atoms with Crippen molar-refractivity contribution in [2.75, 3.05) is 13.7 Å². The highest BCUT2D eigenvalue weighted by Gasteiger charge is 2.28. The van der Waals surface area contributed by atoms with Crippen LogP contribution in [0.5, 0.6) is 0 Å². The van der Waals surface area contributed by atoms with Gasteiger partial charge in [-0.3, -0.25) is 9.59 Å². The maximum atomic E-state index is 12.1. The standard InChI is InChI=1S/C22H35NO4/c1-4-5-8-11-18(2)20(24)15-13-19-14-16-21(25)23(19)17-10-7-6-9-12-22(26)27-3/h13,15,18-20,24H,4,6-7,9-12,14,16-17H2,1-3H3/b15-13+/t18-,19?,20+/m1/s1. The predicted octanol–water partition coefficient (Wildman–Crippen LogP) is 3.46. The number of carbonyl (C=O) groups excluding carboxylic acids is 2. The number of nitrogens with zero attached hydrogens (tertiary/aromatic N) is 1. The van der Waals surface area contributed by atoms with E-state index in [1.165, 1.54) is 7.11 Å². The van der Waals surface area contributed by atoms with Gasteiger partial charge in [0.2, 0.25) is 5.91 Å². The summed E-state index contributed by atoms with van der Waals surface area (Å²) in [4.78, 5) is 25.1. The molecular formula is C22H35NO4. The number of rotatable bonds is 11. The molecule has 0 bridgehead atoms. The van der Waals surface area contributed by atoms with Crippen LogP contribution in [0.15, 0.2) is 12.2 Å². The van der Waals surface area contributed by atoms with Gasteiger partial charge in [0, 0.05) is 32.2 Å². The molecule has 1 aliphatic rings. The van der Waals surface area contributed by atoms with E-state index in [9.17, 15) is 14.7 Å². The monoisotopic (exact) mass is 377 g/mol. The summed E-state index contributed by atoms with van der Waals surface area (Å²) in [6.07, 6.45) is 10.4. The molecule has 0 spiro atoms. The molecule has 152 valence electrons. The first-order chi connectivity index (χ1) is 13.0. The van der Waals surface area contributed by atoms with Gasteiger partial charge in [-0.25, -0.2) is 0 Å². The van der Waals surface area contributed by atoms with Crippen molar-refractivity contribution in [1.29, 1.82) is 0 Å². The number of aliphatic hydroxyl groups excluding tert-OH is 1. The second-order valence-electron chi connectivity index (χ2n) is 7.20. The Morgan fingerprint density at radius 1 is 1.33 bits per heavy atom. The van der Waals surface area contributed by atoms with Gasteiger partial charge in [-0.15, -0.1) is 11.8 Å². The van der Waals surface area contributed by atoms with E-state index in [0.717, 1.165) is 45.1 Å². The first-order valence-corrected chi connectivity index (χ1v) is 10.2. The summed E-state index contributed by atoms with van der Waals surface area (Å²) >= 11 is 0. The Labute approximate surface area is 164 Å². The number of hydrogen-bond donors (Lipinski definition) is 1. The van der Waals surface area contributed by atoms with E-state index in [-0.39, 0.29) is 23.8 Å². The van der Waals surface area contributed by atoms with Gasteiger partial charge in [-0.2, -0.15) is 0 Å². The highest BCUT2D eigenvalue weighted by Crippen LogP contribution is 2.22. The van der Waals surface area contributed by atoms with E-state index < -0.39 is 6.10 Å². The van der Waals surface area contributed by atoms with Crippen LogP contribution >= 0.6 is 0 Å². The number of amides is 1. The first-order valence-electron chi connectivity index (χ1n) is 10.2. The Balaban J connectivity index is 2.37. The fourth-order valence-electron chi connectivity index (χ4n) is 3.16. The third kappa shape index (κ3) is 9.10. The molecule has 0 saturated carbocycles. The molecule has 5 heteroatoms. The van der Waals surface area contributed by atoms with Crippen LogP contribution in [-0.4, -0.2) is 47.7 Å². The minimum absolute atomic E-state index is 0.0798. The zero-order chi connectivity index (χ0) is 20.1. The Bertz CT molecular complexity index is 546. The van der Waals surface area contributed by atoms with Crippen LogP contribution in [0.1, 0.15) is 71.6 Å². The topological polar surface area (TPSA) is 66.8 Å². The average Bonchev–Trinajstić information content (AvgIpc) is 3.02. The van der Waals surface area contributed by atoms with Crippen LogP contribution in [0.25, 0.3) is 0 Å². The Kier molecular flexibility index (Phi) is 11.5. The van der Waals surface area contributed by atoms with E-state index in [1.54, 1.807) is 0 Å². The van der Waals surface area contributed by atoms with Crippen LogP contribution in [0.3, 0.4) is 0 Å². The second-order valence-corrected chi connectivity index (χ2v) is 7.20. The maximum absolute atomic E-state index is 12.1. The predicted molar refractivity (Wildman–Crippen MR) is 107 cm³/mol. The molecule has 0 radical (unpaired) electrons. The summed E-state index contributed by atoms with van der Waals surface area (Å²) in [6.45, 7) is 4.74. The first kappa shape index (κ1) is 23.2. The summed E-state index contributed by atoms with van der Waals surface area (Å²) in [6, 6.07) is 0.0798. The fourth-order valence-corrected chi connectivity index (χ4v) is 3.16. The second kappa shape index (κ2) is 13.4. The van der Waals surface area contributed by atoms with E-state index in [1.807, 2.05) is 30.9 Å². The van der Waals surface area contributed by atoms with E-state index in [0.29, 0.717) is 19.3 Å². The number of ether oxygens (including phenoxy) is 1. The van der Waals surface area contributed by atoms with Crippen molar-refractivity contribution in [1.82, 2.24) is 4.90 Å². The molecule has 0 aromatic carbocycles. The molecule has 0 aromatic heterocycles. The number of unbranched alkanes of at least 4 members (excludes halogenated alkanes) is 3. The number of hydrogen-bond acceptors (Lipinski definition) is 4. The average molecular weight is 378 g/mol. The summed E-state index contributed by atoms with van der Waals surface area (Å²) < 4.78 is 4.63. The molecular weight excluding hydrogens is 342 g/mol. The molecule has 0 aliphatic carbocycles. The number of methoxy groups -OCH3 is 1. The van der Waals surface area contributed by atoms with Gasteiger partial charge in [0.05, 0.1) is 19.3 Å². The quantitative estimate of drug-likeness (QED) is 0.259. The largest absolute Gasteiger partial charge is 0.469 e. The summed E-state index contributed by atoms with van der Waals surface area (Å²) in [5.74, 6) is 6.22. The van der Waals surface area contributed by atoms with Gasteiger partial charge in [-0.1, -0.05) is 38.8 Å². The van der Waals surface area contributed by atoms with Gasteiger partial charge in [0.25, 0.3) is 0 Å². The lowest BCUT2D eigenvalue weighted by atomic mass is 10.00. The molecule has 1 rings (SSSR count). The molecule has 0 aromatic rings. The van der Waals surface area contributed by atoms with E-state index >= 15 is 0 Å². The molecule has 27 heavy (non-hydrogen) atoms. The third-order valence-corrected chi connectivity index (χ3v) is 4.97. The van der Waals surface area contributed by atoms with Gasteiger partial charge < -0.3 is 14.7 Å². The zero-order valence-electron chi connectivity index (χ0n) is 17.1. The highest BCUT2D eigenvalue weighted by molar-refractivity contribution is 5.79. The molecule has 1 amide bonds. The SMILES string of the molecule is CCC#CC[C@@H](C)[C@@H](O)/C=C/C1CCC(=O)N1CCCCCCC(=O)OC. The molecule has 1 unspecified atom stereocenters. The van der Waals surface area contributed by atoms with E-state index in [2.05, 4.69) is 16.6 Å². The highest BCUT2D eigenvalue weighted by atomic mass is 16.5. The van der Waals surface area contributed by atoms with Gasteiger partial charge in [0.15, 0.2) is 0 Å². The van der Waals surface area contributed by atoms with Crippen molar-refractivity contribution in [2.45, 2.75) is 83.8 Å². The Morgan fingerprint density at radius 2 is 2.07 bits per heavy atom. The molecule has 1 saturated heterocycles. The molecule has 3 atom stereocenters. The van der Waals surface area contributed by atoms with Crippen LogP contribution in [0, 0.1) is 17.8 Å². The van der Waals surface area contributed by atoms with Crippen LogP contribution in [0.2, 0.25) is 0 Å². The molecule has 1 aliphatic heterocycles. The van der Waals surface area contributed by atoms with Crippen molar-refractivity contribution in [2.24, 2.45) is 5.92 Å². The molecule has 5 nitrogen and oxygen atoms in total. The minimum Gasteiger partial charge on any atom is -0.469 e. The van der Waals surface area contributed by atoms with Gasteiger partial charge >= 0.3 is 5.97 Å². The minimum atomic E-state index is -0.535. The van der Waals surface area contributed by atoms with Crippen LogP contribution < -0.4 is 0 Å². The summed E-state index contributed by atoms with van der Waals surface area (Å²) in [5.41, 5.74) is 0. The van der Waals surface area contributed by atoms with Crippen molar-refractivity contribution in [3.8, 4) is 11.8 Å². The number of carbonyl (C=O) groups is 2. The molecule has 1 N–H and O–H groups in total. The fraction of sp³-hybridized carbons (Fsp3) is 0.727. The third-order valence-electron chi connectivity index (χ3n) is 4.97. The number of aliphatic hydroxyl groups is 1. The summed E-state index contributed by atoms with van der Waals surface area (Å²) in [7, 11) is 1.41. The molecule has 1 heterocycles. The van der Waals surface area contributed by atoms with Crippen LogP contribution in [0.4, 0.5) is 0 Å². The smallest absolute Gasteiger partial charge is 0.305 e. The zero-order valence-corrected chi connectivity index (χ0v) is 17.1. The van der Waals surface area contributed by atoms with Crippen molar-refractivity contribution >= 4 is 11.9 Å². The lowest BCUT2D eigenvalue weighted by Crippen LogP contribution is -2.33. The van der Waals surface area contributed by atoms with Gasteiger partial charge in [0.1, 0.15) is 0 Å². The number of likely N-dealkylation sites (tertiary alicyclic amines) is 1. The lowest BCUT2D eigenvalue weighted by Gasteiger charge is -2.23. The van der Waals surface area contributed by atoms with Crippen molar-refractivity contribution < 1.29 is 19.4 Å². The van der Waals surface area contributed by atoms with Crippen molar-refractivity contribution in [3.63, 3.8) is 0 Å². The van der Waals surface area contributed by atoms with Crippen LogP contribution in [-0.2, 0) is 14.3 Å². The Hall–Kier alpha value is -1.80. The molecule has 1 fully saturated rings. The summed E-state index contributed by atoms with van der Waals surface area (Å²) in [5, 5.41) is 10.3.